The molecule has 0 saturated carbocycles. The molecule has 1 amide bonds. The minimum absolute atomic E-state index is 0.00276. The van der Waals surface area contributed by atoms with Gasteiger partial charge in [0, 0.05) is 16.8 Å². The van der Waals surface area contributed by atoms with E-state index < -0.39 is 12.0 Å². The molecule has 170 valence electrons. The van der Waals surface area contributed by atoms with Crippen molar-refractivity contribution in [3.63, 3.8) is 0 Å². The highest BCUT2D eigenvalue weighted by Crippen LogP contribution is 2.46. The van der Waals surface area contributed by atoms with Crippen LogP contribution in [0.3, 0.4) is 0 Å². The molecule has 8 nitrogen and oxygen atoms in total. The summed E-state index contributed by atoms with van der Waals surface area (Å²) in [4.78, 5) is 26.5. The number of benzene rings is 3. The van der Waals surface area contributed by atoms with Crippen LogP contribution in [0.4, 0.5) is 5.69 Å². The zero-order valence-electron chi connectivity index (χ0n) is 18.2. The number of aromatic hydroxyl groups is 1. The number of hydrogen-bond acceptors (Lipinski definition) is 5. The van der Waals surface area contributed by atoms with E-state index in [-0.39, 0.29) is 17.2 Å². The first-order valence-corrected chi connectivity index (χ1v) is 10.8. The van der Waals surface area contributed by atoms with E-state index in [0.29, 0.717) is 40.6 Å². The van der Waals surface area contributed by atoms with E-state index in [9.17, 15) is 19.8 Å². The monoisotopic (exact) mass is 455 g/mol. The van der Waals surface area contributed by atoms with Crippen LogP contribution in [0.5, 0.6) is 11.5 Å². The van der Waals surface area contributed by atoms with Gasteiger partial charge in [-0.2, -0.15) is 5.10 Å². The number of rotatable bonds is 6. The normalized spacial score (nSPS) is 14.8. The molecule has 0 spiro atoms. The quantitative estimate of drug-likeness (QED) is 0.390. The van der Waals surface area contributed by atoms with Gasteiger partial charge in [-0.05, 0) is 48.9 Å². The minimum atomic E-state index is -1.04. The number of carboxylic acid groups (broad SMARTS) is 1. The zero-order chi connectivity index (χ0) is 23.8. The molecule has 0 radical (unpaired) electrons. The van der Waals surface area contributed by atoms with Crippen LogP contribution in [-0.2, 0) is 0 Å². The molecule has 8 heteroatoms. The van der Waals surface area contributed by atoms with Crippen LogP contribution < -0.4 is 9.64 Å². The van der Waals surface area contributed by atoms with Gasteiger partial charge in [0.05, 0.1) is 23.9 Å². The first-order valence-electron chi connectivity index (χ1n) is 10.8. The lowest BCUT2D eigenvalue weighted by Crippen LogP contribution is -2.29. The zero-order valence-corrected chi connectivity index (χ0v) is 18.2. The number of phenolic OH excluding ortho intramolecular Hbond substituents is 1. The van der Waals surface area contributed by atoms with E-state index in [0.717, 1.165) is 5.56 Å². The number of ether oxygens (including phenoxy) is 1. The number of aromatic carboxylic acids is 1. The summed E-state index contributed by atoms with van der Waals surface area (Å²) in [5, 5.41) is 26.8. The molecule has 0 saturated heterocycles. The largest absolute Gasteiger partial charge is 0.504 e. The van der Waals surface area contributed by atoms with Gasteiger partial charge in [0.2, 0.25) is 0 Å². The van der Waals surface area contributed by atoms with Crippen LogP contribution in [0.1, 0.15) is 44.9 Å². The first kappa shape index (κ1) is 21.3. The van der Waals surface area contributed by atoms with Crippen molar-refractivity contribution in [1.29, 1.82) is 0 Å². The van der Waals surface area contributed by atoms with Gasteiger partial charge in [-0.25, -0.2) is 4.79 Å². The third-order valence-corrected chi connectivity index (χ3v) is 5.81. The van der Waals surface area contributed by atoms with Gasteiger partial charge < -0.3 is 14.9 Å². The lowest BCUT2D eigenvalue weighted by Gasteiger charge is -2.27. The number of phenols is 1. The van der Waals surface area contributed by atoms with Crippen molar-refractivity contribution >= 4 is 17.6 Å². The van der Waals surface area contributed by atoms with Crippen molar-refractivity contribution in [2.45, 2.75) is 13.0 Å². The summed E-state index contributed by atoms with van der Waals surface area (Å²) in [6.45, 7) is 2.19. The molecule has 1 aliphatic heterocycles. The summed E-state index contributed by atoms with van der Waals surface area (Å²) in [7, 11) is 0. The summed E-state index contributed by atoms with van der Waals surface area (Å²) in [6.07, 6.45) is 0. The molecule has 0 aliphatic carbocycles. The highest BCUT2D eigenvalue weighted by Gasteiger charge is 2.43. The molecule has 3 N–H and O–H groups in total. The summed E-state index contributed by atoms with van der Waals surface area (Å²) in [5.74, 6) is -1.02. The molecule has 2 heterocycles. The summed E-state index contributed by atoms with van der Waals surface area (Å²) >= 11 is 0. The summed E-state index contributed by atoms with van der Waals surface area (Å²) in [6, 6.07) is 20.1. The number of carbonyl (C=O) groups is 2. The highest BCUT2D eigenvalue weighted by molar-refractivity contribution is 6.12. The van der Waals surface area contributed by atoms with Crippen LogP contribution in [-0.4, -0.2) is 38.9 Å². The highest BCUT2D eigenvalue weighted by atomic mass is 16.5. The average molecular weight is 455 g/mol. The molecule has 1 aromatic heterocycles. The average Bonchev–Trinajstić information content (AvgIpc) is 3.40. The Kier molecular flexibility index (Phi) is 5.25. The number of nitrogens with zero attached hydrogens (tertiary/aromatic N) is 2. The summed E-state index contributed by atoms with van der Waals surface area (Å²) in [5.41, 5.74) is 3.93. The fourth-order valence-electron chi connectivity index (χ4n) is 4.28. The van der Waals surface area contributed by atoms with E-state index >= 15 is 0 Å². The molecule has 0 bridgehead atoms. The van der Waals surface area contributed by atoms with Gasteiger partial charge in [0.15, 0.2) is 11.5 Å². The van der Waals surface area contributed by atoms with Crippen molar-refractivity contribution in [3.05, 3.63) is 95.2 Å². The summed E-state index contributed by atoms with van der Waals surface area (Å²) < 4.78 is 5.59. The van der Waals surface area contributed by atoms with Crippen molar-refractivity contribution in [3.8, 4) is 22.8 Å². The molecule has 3 aromatic carbocycles. The Hall–Kier alpha value is -4.59. The minimum Gasteiger partial charge on any atom is -0.504 e. The maximum Gasteiger partial charge on any atom is 0.335 e. The van der Waals surface area contributed by atoms with E-state index in [1.165, 1.54) is 18.2 Å². The Balaban J connectivity index is 1.70. The van der Waals surface area contributed by atoms with E-state index in [4.69, 9.17) is 4.74 Å². The molecule has 0 fully saturated rings. The molecule has 4 aromatic rings. The second kappa shape index (κ2) is 8.40. The van der Waals surface area contributed by atoms with E-state index in [1.807, 2.05) is 37.3 Å². The van der Waals surface area contributed by atoms with Gasteiger partial charge in [0.1, 0.15) is 5.69 Å². The Morgan fingerprint density at radius 1 is 1.09 bits per heavy atom. The van der Waals surface area contributed by atoms with Crippen molar-refractivity contribution in [2.75, 3.05) is 11.5 Å². The molecule has 34 heavy (non-hydrogen) atoms. The van der Waals surface area contributed by atoms with Crippen molar-refractivity contribution in [2.24, 2.45) is 0 Å². The number of aromatic nitrogens is 2. The number of carbonyl (C=O) groups excluding carboxylic acids is 1. The number of H-pyrrole nitrogens is 1. The number of anilines is 1. The predicted molar refractivity (Wildman–Crippen MR) is 125 cm³/mol. The smallest absolute Gasteiger partial charge is 0.335 e. The lowest BCUT2D eigenvalue weighted by molar-refractivity contribution is 0.0696. The number of carboxylic acids is 1. The number of nitrogens with one attached hydrogen (secondary N) is 1. The third kappa shape index (κ3) is 3.45. The molecular weight excluding hydrogens is 434 g/mol. The predicted octanol–water partition coefficient (Wildman–Crippen LogP) is 4.63. The van der Waals surface area contributed by atoms with Gasteiger partial charge >= 0.3 is 5.97 Å². The van der Waals surface area contributed by atoms with E-state index in [2.05, 4.69) is 10.2 Å². The maximum absolute atomic E-state index is 13.6. The molecule has 0 unspecified atom stereocenters. The third-order valence-electron chi connectivity index (χ3n) is 5.81. The van der Waals surface area contributed by atoms with Crippen LogP contribution in [0.25, 0.3) is 11.3 Å². The Labute approximate surface area is 195 Å². The lowest BCUT2D eigenvalue weighted by atomic mass is 9.95. The second-order valence-corrected chi connectivity index (χ2v) is 7.82. The fraction of sp³-hybridized carbons (Fsp3) is 0.115. The number of amides is 1. The van der Waals surface area contributed by atoms with Crippen LogP contribution in [0, 0.1) is 0 Å². The van der Waals surface area contributed by atoms with Crippen molar-refractivity contribution < 1.29 is 24.5 Å². The molecular formula is C26H21N3O5. The SMILES string of the molecule is CCOc1cc([C@@H]2c3c(-c4ccccc4)n[nH]c3C(=O)N2c2ccc(C(=O)O)cc2)ccc1O. The number of fused-ring (bicyclic) bond motifs is 1. The maximum atomic E-state index is 13.6. The topological polar surface area (TPSA) is 116 Å². The number of aromatic amines is 1. The molecule has 5 rings (SSSR count). The van der Waals surface area contributed by atoms with Crippen LogP contribution in [0.15, 0.2) is 72.8 Å². The van der Waals surface area contributed by atoms with Gasteiger partial charge in [-0.15, -0.1) is 0 Å². The molecule has 1 atom stereocenters. The Morgan fingerprint density at radius 2 is 1.82 bits per heavy atom. The van der Waals surface area contributed by atoms with Gasteiger partial charge in [-0.3, -0.25) is 14.8 Å². The Bertz CT molecular complexity index is 1380. The first-order chi connectivity index (χ1) is 16.5. The number of hydrogen-bond donors (Lipinski definition) is 3. The fourth-order valence-corrected chi connectivity index (χ4v) is 4.28. The second-order valence-electron chi connectivity index (χ2n) is 7.82. The standard InChI is InChI=1S/C26H21N3O5/c1-2-34-20-14-17(10-13-19(20)30)24-21-22(15-6-4-3-5-7-15)27-28-23(21)25(31)29(24)18-11-8-16(9-12-18)26(32)33/h3-14,24,30H,2H2,1H3,(H,27,28)(H,32,33)/t24-/m1/s1. The Morgan fingerprint density at radius 3 is 2.50 bits per heavy atom. The molecule has 1 aliphatic rings. The van der Waals surface area contributed by atoms with Gasteiger partial charge in [0.25, 0.3) is 5.91 Å². The van der Waals surface area contributed by atoms with Gasteiger partial charge in [-0.1, -0.05) is 36.4 Å². The van der Waals surface area contributed by atoms with Crippen molar-refractivity contribution in [1.82, 2.24) is 10.2 Å². The van der Waals surface area contributed by atoms with E-state index in [1.54, 1.807) is 29.2 Å². The van der Waals surface area contributed by atoms with Crippen LogP contribution in [0.2, 0.25) is 0 Å². The van der Waals surface area contributed by atoms with Crippen LogP contribution >= 0.6 is 0 Å².